The van der Waals surface area contributed by atoms with Crippen molar-refractivity contribution in [1.29, 1.82) is 0 Å². The smallest absolute Gasteiger partial charge is 0.248 e. The highest BCUT2D eigenvalue weighted by Crippen LogP contribution is 2.17. The Morgan fingerprint density at radius 1 is 1.56 bits per heavy atom. The molecule has 2 heterocycles. The Morgan fingerprint density at radius 3 is 2.94 bits per heavy atom. The molecule has 7 heteroatoms. The lowest BCUT2D eigenvalue weighted by molar-refractivity contribution is -0.121. The molecule has 1 fully saturated rings. The van der Waals surface area contributed by atoms with Gasteiger partial charge in [-0.1, -0.05) is 11.6 Å². The Hall–Kier alpha value is -1.24. The first-order chi connectivity index (χ1) is 7.60. The summed E-state index contributed by atoms with van der Waals surface area (Å²) in [6, 6.07) is 3.10. The van der Waals surface area contributed by atoms with Crippen LogP contribution in [-0.2, 0) is 9.53 Å². The summed E-state index contributed by atoms with van der Waals surface area (Å²) in [6.07, 6.45) is 0.500. The molecule has 1 saturated heterocycles. The average molecular weight is 243 g/mol. The van der Waals surface area contributed by atoms with Crippen LogP contribution in [0.3, 0.4) is 0 Å². The van der Waals surface area contributed by atoms with E-state index in [0.717, 1.165) is 0 Å². The summed E-state index contributed by atoms with van der Waals surface area (Å²) in [6.45, 7) is 0.718. The zero-order valence-corrected chi connectivity index (χ0v) is 9.20. The molecule has 0 radical (unpaired) electrons. The topological polar surface area (TPSA) is 90.1 Å². The van der Waals surface area contributed by atoms with Crippen LogP contribution in [0, 0.1) is 0 Å². The predicted molar refractivity (Wildman–Crippen MR) is 58.0 cm³/mol. The van der Waals surface area contributed by atoms with E-state index < -0.39 is 5.54 Å². The maximum atomic E-state index is 11.8. The monoisotopic (exact) mass is 242 g/mol. The van der Waals surface area contributed by atoms with E-state index in [1.54, 1.807) is 12.1 Å². The number of nitrogens with two attached hydrogens (primary N) is 1. The van der Waals surface area contributed by atoms with Crippen LogP contribution in [0.15, 0.2) is 12.1 Å². The number of nitrogens with one attached hydrogen (secondary N) is 1. The lowest BCUT2D eigenvalue weighted by Crippen LogP contribution is -2.51. The van der Waals surface area contributed by atoms with Crippen LogP contribution in [0.1, 0.15) is 6.42 Å². The van der Waals surface area contributed by atoms with Crippen LogP contribution >= 0.6 is 11.6 Å². The minimum absolute atomic E-state index is 0.222. The number of hydrogen-bond donors (Lipinski definition) is 2. The van der Waals surface area contributed by atoms with Crippen LogP contribution in [0.25, 0.3) is 0 Å². The fourth-order valence-corrected chi connectivity index (χ4v) is 1.48. The zero-order valence-electron chi connectivity index (χ0n) is 8.44. The molecule has 0 aromatic carbocycles. The summed E-state index contributed by atoms with van der Waals surface area (Å²) in [7, 11) is 0. The van der Waals surface area contributed by atoms with Gasteiger partial charge in [0, 0.05) is 6.61 Å². The van der Waals surface area contributed by atoms with E-state index in [4.69, 9.17) is 22.1 Å². The zero-order chi connectivity index (χ0) is 11.6. The quantitative estimate of drug-likeness (QED) is 0.773. The minimum atomic E-state index is -0.971. The highest BCUT2D eigenvalue weighted by atomic mass is 35.5. The summed E-state index contributed by atoms with van der Waals surface area (Å²) in [5, 5.41) is 10.2. The van der Waals surface area contributed by atoms with Gasteiger partial charge < -0.3 is 15.8 Å². The standard InChI is InChI=1S/C9H11ClN4O2/c10-6-1-2-7(14-13-6)12-8(15)9(11)3-4-16-5-9/h1-2H,3-5,11H2,(H,12,14,15). The molecule has 0 aliphatic carbocycles. The van der Waals surface area contributed by atoms with Crippen molar-refractivity contribution >= 4 is 23.3 Å². The number of nitrogens with zero attached hydrogens (tertiary/aromatic N) is 2. The van der Waals surface area contributed by atoms with E-state index in [2.05, 4.69) is 15.5 Å². The Kier molecular flexibility index (Phi) is 3.04. The molecule has 0 saturated carbocycles. The molecular formula is C9H11ClN4O2. The normalized spacial score (nSPS) is 24.4. The van der Waals surface area contributed by atoms with Gasteiger partial charge in [0.1, 0.15) is 5.54 Å². The van der Waals surface area contributed by atoms with Gasteiger partial charge in [-0.3, -0.25) is 4.79 Å². The molecule has 0 spiro atoms. The Morgan fingerprint density at radius 2 is 2.38 bits per heavy atom. The minimum Gasteiger partial charge on any atom is -0.379 e. The highest BCUT2D eigenvalue weighted by Gasteiger charge is 2.38. The number of aromatic nitrogens is 2. The fraction of sp³-hybridized carbons (Fsp3) is 0.444. The summed E-state index contributed by atoms with van der Waals surface area (Å²) in [4.78, 5) is 11.8. The van der Waals surface area contributed by atoms with Crippen molar-refractivity contribution in [3.8, 4) is 0 Å². The van der Waals surface area contributed by atoms with E-state index in [-0.39, 0.29) is 17.7 Å². The molecule has 1 aliphatic rings. The van der Waals surface area contributed by atoms with Crippen LogP contribution in [0.2, 0.25) is 5.15 Å². The van der Waals surface area contributed by atoms with E-state index in [1.165, 1.54) is 0 Å². The van der Waals surface area contributed by atoms with Gasteiger partial charge in [-0.15, -0.1) is 10.2 Å². The molecule has 1 aromatic heterocycles. The van der Waals surface area contributed by atoms with Gasteiger partial charge in [0.2, 0.25) is 5.91 Å². The predicted octanol–water partition coefficient (Wildman–Crippen LogP) is 0.186. The second-order valence-corrected chi connectivity index (χ2v) is 4.04. The van der Waals surface area contributed by atoms with Crippen LogP contribution in [0.5, 0.6) is 0 Å². The maximum absolute atomic E-state index is 11.8. The third-order valence-electron chi connectivity index (χ3n) is 2.38. The molecule has 2 rings (SSSR count). The van der Waals surface area contributed by atoms with E-state index in [9.17, 15) is 4.79 Å². The van der Waals surface area contributed by atoms with Gasteiger partial charge in [0.25, 0.3) is 0 Å². The first-order valence-corrected chi connectivity index (χ1v) is 5.15. The summed E-state index contributed by atoms with van der Waals surface area (Å²) in [5.41, 5.74) is 4.90. The number of halogens is 1. The number of carbonyl (C=O) groups is 1. The third-order valence-corrected chi connectivity index (χ3v) is 2.58. The number of rotatable bonds is 2. The summed E-state index contributed by atoms with van der Waals surface area (Å²) >= 11 is 5.57. The van der Waals surface area contributed by atoms with E-state index >= 15 is 0 Å². The Balaban J connectivity index is 2.04. The van der Waals surface area contributed by atoms with Gasteiger partial charge in [0.05, 0.1) is 6.61 Å². The molecule has 3 N–H and O–H groups in total. The summed E-state index contributed by atoms with van der Waals surface area (Å²) in [5.74, 6) is 0.00717. The van der Waals surface area contributed by atoms with Crippen molar-refractivity contribution in [1.82, 2.24) is 10.2 Å². The molecule has 1 atom stereocenters. The number of hydrogen-bond acceptors (Lipinski definition) is 5. The van der Waals surface area contributed by atoms with Crippen molar-refractivity contribution < 1.29 is 9.53 Å². The first kappa shape index (κ1) is 11.3. The van der Waals surface area contributed by atoms with Gasteiger partial charge in [-0.2, -0.15) is 0 Å². The molecule has 6 nitrogen and oxygen atoms in total. The van der Waals surface area contributed by atoms with Crippen molar-refractivity contribution in [2.75, 3.05) is 18.5 Å². The number of anilines is 1. The molecule has 0 bridgehead atoms. The third kappa shape index (κ3) is 2.29. The first-order valence-electron chi connectivity index (χ1n) is 4.77. The van der Waals surface area contributed by atoms with Crippen molar-refractivity contribution in [3.05, 3.63) is 17.3 Å². The molecule has 1 aromatic rings. The Bertz CT molecular complexity index is 389. The van der Waals surface area contributed by atoms with Crippen molar-refractivity contribution in [3.63, 3.8) is 0 Å². The SMILES string of the molecule is NC1(C(=O)Nc2ccc(Cl)nn2)CCOC1. The van der Waals surface area contributed by atoms with Gasteiger partial charge >= 0.3 is 0 Å². The fourth-order valence-electron chi connectivity index (χ4n) is 1.38. The molecular weight excluding hydrogens is 232 g/mol. The molecule has 1 aliphatic heterocycles. The number of amides is 1. The largest absolute Gasteiger partial charge is 0.379 e. The van der Waals surface area contributed by atoms with E-state index in [0.29, 0.717) is 18.8 Å². The number of carbonyl (C=O) groups excluding carboxylic acids is 1. The Labute approximate surface area is 97.1 Å². The second kappa shape index (κ2) is 4.32. The number of ether oxygens (including phenoxy) is 1. The molecule has 86 valence electrons. The summed E-state index contributed by atoms with van der Waals surface area (Å²) < 4.78 is 5.10. The highest BCUT2D eigenvalue weighted by molar-refractivity contribution is 6.29. The van der Waals surface area contributed by atoms with Gasteiger partial charge in [0.15, 0.2) is 11.0 Å². The van der Waals surface area contributed by atoms with E-state index in [1.807, 2.05) is 0 Å². The average Bonchev–Trinajstić information content (AvgIpc) is 2.70. The lowest BCUT2D eigenvalue weighted by atomic mass is 9.99. The maximum Gasteiger partial charge on any atom is 0.248 e. The van der Waals surface area contributed by atoms with Gasteiger partial charge in [-0.05, 0) is 18.6 Å². The van der Waals surface area contributed by atoms with Crippen molar-refractivity contribution in [2.45, 2.75) is 12.0 Å². The van der Waals surface area contributed by atoms with Crippen molar-refractivity contribution in [2.24, 2.45) is 5.73 Å². The van der Waals surface area contributed by atoms with Gasteiger partial charge in [-0.25, -0.2) is 0 Å². The van der Waals surface area contributed by atoms with Crippen LogP contribution in [0.4, 0.5) is 5.82 Å². The molecule has 1 unspecified atom stereocenters. The molecule has 16 heavy (non-hydrogen) atoms. The second-order valence-electron chi connectivity index (χ2n) is 3.65. The van der Waals surface area contributed by atoms with Crippen LogP contribution < -0.4 is 11.1 Å². The van der Waals surface area contributed by atoms with Crippen LogP contribution in [-0.4, -0.2) is 34.9 Å². The lowest BCUT2D eigenvalue weighted by Gasteiger charge is -2.19. The molecule has 1 amide bonds.